The van der Waals surface area contributed by atoms with E-state index in [0.29, 0.717) is 5.65 Å². The first-order chi connectivity index (χ1) is 13.8. The molecule has 0 bridgehead atoms. The van der Waals surface area contributed by atoms with Gasteiger partial charge < -0.3 is 14.5 Å². The monoisotopic (exact) mass is 393 g/mol. The van der Waals surface area contributed by atoms with Crippen LogP contribution in [0.3, 0.4) is 0 Å². The molecule has 0 saturated heterocycles. The smallest absolute Gasteiger partial charge is 0.359 e. The number of hydrogen-bond donors (Lipinski definition) is 1. The van der Waals surface area contributed by atoms with Gasteiger partial charge in [0.05, 0.1) is 0 Å². The lowest BCUT2D eigenvalue weighted by Crippen LogP contribution is -2.22. The maximum Gasteiger partial charge on any atom is 0.359 e. The Labute approximate surface area is 170 Å². The van der Waals surface area contributed by atoms with Crippen molar-refractivity contribution in [2.45, 2.75) is 46.5 Å². The third kappa shape index (κ3) is 4.65. The zero-order chi connectivity index (χ0) is 21.1. The molecular weight excluding hydrogens is 366 g/mol. The summed E-state index contributed by atoms with van der Waals surface area (Å²) >= 11 is 0. The number of nitrogens with one attached hydrogen (secondary N) is 1. The molecule has 0 spiro atoms. The van der Waals surface area contributed by atoms with Crippen LogP contribution in [0.2, 0.25) is 0 Å². The van der Waals surface area contributed by atoms with Crippen LogP contribution in [-0.2, 0) is 9.53 Å². The summed E-state index contributed by atoms with van der Waals surface area (Å²) in [6, 6.07) is 9.83. The molecule has 29 heavy (non-hydrogen) atoms. The normalized spacial score (nSPS) is 11.3. The SMILES string of the molecule is Cc1ccn2cc(C(=O)OCC(=O)Nc3c(C(C)C)cccc3C(C)C)nc2c1. The number of amides is 1. The predicted molar refractivity (Wildman–Crippen MR) is 113 cm³/mol. The Balaban J connectivity index is 1.70. The van der Waals surface area contributed by atoms with Gasteiger partial charge in [-0.3, -0.25) is 4.79 Å². The van der Waals surface area contributed by atoms with Crippen LogP contribution in [0.4, 0.5) is 5.69 Å². The van der Waals surface area contributed by atoms with Crippen LogP contribution in [-0.4, -0.2) is 27.9 Å². The number of imidazole rings is 1. The summed E-state index contributed by atoms with van der Waals surface area (Å²) in [5, 5.41) is 2.94. The highest BCUT2D eigenvalue weighted by molar-refractivity contribution is 5.96. The van der Waals surface area contributed by atoms with E-state index in [4.69, 9.17) is 4.74 Å². The van der Waals surface area contributed by atoms with Gasteiger partial charge in [-0.05, 0) is 47.6 Å². The molecule has 6 heteroatoms. The molecule has 0 saturated carbocycles. The first-order valence-electron chi connectivity index (χ1n) is 9.81. The molecule has 1 N–H and O–H groups in total. The van der Waals surface area contributed by atoms with E-state index in [-0.39, 0.29) is 30.0 Å². The first kappa shape index (κ1) is 20.6. The second kappa shape index (κ2) is 8.47. The third-order valence-electron chi connectivity index (χ3n) is 4.80. The lowest BCUT2D eigenvalue weighted by molar-refractivity contribution is -0.119. The second-order valence-electron chi connectivity index (χ2n) is 7.84. The first-order valence-corrected chi connectivity index (χ1v) is 9.81. The van der Waals surface area contributed by atoms with Crippen molar-refractivity contribution in [2.24, 2.45) is 0 Å². The fraction of sp³-hybridized carbons (Fsp3) is 0.348. The Kier molecular flexibility index (Phi) is 6.01. The average molecular weight is 393 g/mol. The van der Waals surface area contributed by atoms with Crippen LogP contribution in [0.15, 0.2) is 42.7 Å². The Bertz CT molecular complexity index is 1020. The summed E-state index contributed by atoms with van der Waals surface area (Å²) in [4.78, 5) is 29.1. The van der Waals surface area contributed by atoms with Crippen LogP contribution in [0.25, 0.3) is 5.65 Å². The summed E-state index contributed by atoms with van der Waals surface area (Å²) in [6.07, 6.45) is 3.43. The molecule has 3 rings (SSSR count). The fourth-order valence-electron chi connectivity index (χ4n) is 3.26. The largest absolute Gasteiger partial charge is 0.451 e. The maximum atomic E-state index is 12.5. The summed E-state index contributed by atoms with van der Waals surface area (Å²) in [5.74, 6) is -0.475. The minimum Gasteiger partial charge on any atom is -0.451 e. The van der Waals surface area contributed by atoms with Crippen molar-refractivity contribution in [3.05, 3.63) is 65.1 Å². The van der Waals surface area contributed by atoms with Crippen molar-refractivity contribution < 1.29 is 14.3 Å². The van der Waals surface area contributed by atoms with Crippen molar-refractivity contribution in [3.8, 4) is 0 Å². The molecule has 0 aliphatic heterocycles. The van der Waals surface area contributed by atoms with Crippen LogP contribution in [0, 0.1) is 6.92 Å². The second-order valence-corrected chi connectivity index (χ2v) is 7.84. The topological polar surface area (TPSA) is 72.7 Å². The van der Waals surface area contributed by atoms with E-state index < -0.39 is 5.97 Å². The number of aryl methyl sites for hydroxylation is 1. The average Bonchev–Trinajstić information content (AvgIpc) is 3.09. The van der Waals surface area contributed by atoms with Gasteiger partial charge >= 0.3 is 5.97 Å². The molecular formula is C23H27N3O3. The number of rotatable bonds is 6. The molecule has 0 unspecified atom stereocenters. The number of ether oxygens (including phenoxy) is 1. The van der Waals surface area contributed by atoms with Gasteiger partial charge in [-0.15, -0.1) is 0 Å². The van der Waals surface area contributed by atoms with E-state index in [1.807, 2.05) is 43.5 Å². The number of nitrogens with zero attached hydrogens (tertiary/aromatic N) is 2. The Morgan fingerprint density at radius 3 is 2.38 bits per heavy atom. The third-order valence-corrected chi connectivity index (χ3v) is 4.80. The minimum atomic E-state index is -0.622. The van der Waals surface area contributed by atoms with E-state index >= 15 is 0 Å². The number of fused-ring (bicyclic) bond motifs is 1. The van der Waals surface area contributed by atoms with Gasteiger partial charge in [0.15, 0.2) is 12.3 Å². The Morgan fingerprint density at radius 1 is 1.10 bits per heavy atom. The fourth-order valence-corrected chi connectivity index (χ4v) is 3.26. The molecule has 1 amide bonds. The van der Waals surface area contributed by atoms with Crippen LogP contribution in [0.1, 0.15) is 66.7 Å². The predicted octanol–water partition coefficient (Wildman–Crippen LogP) is 4.69. The molecule has 0 aliphatic rings. The number of benzene rings is 1. The molecule has 0 aliphatic carbocycles. The highest BCUT2D eigenvalue weighted by Crippen LogP contribution is 2.32. The van der Waals surface area contributed by atoms with Crippen molar-refractivity contribution in [1.82, 2.24) is 9.38 Å². The minimum absolute atomic E-state index is 0.175. The van der Waals surface area contributed by atoms with Crippen molar-refractivity contribution in [1.29, 1.82) is 0 Å². The molecule has 1 aromatic carbocycles. The molecule has 0 radical (unpaired) electrons. The zero-order valence-electron chi connectivity index (χ0n) is 17.5. The number of carbonyl (C=O) groups is 2. The number of esters is 1. The molecule has 0 fully saturated rings. The van der Waals surface area contributed by atoms with Crippen molar-refractivity contribution >= 4 is 23.2 Å². The molecule has 0 atom stereocenters. The molecule has 2 aromatic heterocycles. The van der Waals surface area contributed by atoms with E-state index in [2.05, 4.69) is 38.0 Å². The van der Waals surface area contributed by atoms with E-state index in [9.17, 15) is 9.59 Å². The Morgan fingerprint density at radius 2 is 1.76 bits per heavy atom. The number of anilines is 1. The quantitative estimate of drug-likeness (QED) is 0.617. The van der Waals surface area contributed by atoms with Gasteiger partial charge in [0.2, 0.25) is 0 Å². The van der Waals surface area contributed by atoms with Crippen LogP contribution < -0.4 is 5.32 Å². The van der Waals surface area contributed by atoms with E-state index in [0.717, 1.165) is 22.4 Å². The summed E-state index contributed by atoms with van der Waals surface area (Å²) in [5.41, 5.74) is 4.81. The lowest BCUT2D eigenvalue weighted by atomic mass is 9.92. The Hall–Kier alpha value is -3.15. The summed E-state index contributed by atoms with van der Waals surface area (Å²) in [7, 11) is 0. The van der Waals surface area contributed by atoms with Gasteiger partial charge in [-0.1, -0.05) is 45.9 Å². The number of hydrogen-bond acceptors (Lipinski definition) is 4. The highest BCUT2D eigenvalue weighted by Gasteiger charge is 2.18. The van der Waals surface area contributed by atoms with E-state index in [1.165, 1.54) is 0 Å². The number of carbonyl (C=O) groups excluding carboxylic acids is 2. The van der Waals surface area contributed by atoms with Gasteiger partial charge in [0, 0.05) is 18.1 Å². The molecule has 152 valence electrons. The van der Waals surface area contributed by atoms with Gasteiger partial charge in [0.1, 0.15) is 5.65 Å². The van der Waals surface area contributed by atoms with Crippen molar-refractivity contribution in [2.75, 3.05) is 11.9 Å². The molecule has 3 aromatic rings. The van der Waals surface area contributed by atoms with Gasteiger partial charge in [-0.2, -0.15) is 0 Å². The summed E-state index contributed by atoms with van der Waals surface area (Å²) < 4.78 is 6.94. The van der Waals surface area contributed by atoms with Crippen LogP contribution in [0.5, 0.6) is 0 Å². The van der Waals surface area contributed by atoms with Crippen LogP contribution >= 0.6 is 0 Å². The van der Waals surface area contributed by atoms with Crippen molar-refractivity contribution in [3.63, 3.8) is 0 Å². The summed E-state index contributed by atoms with van der Waals surface area (Å²) in [6.45, 7) is 9.92. The zero-order valence-corrected chi connectivity index (χ0v) is 17.5. The van der Waals surface area contributed by atoms with Gasteiger partial charge in [0.25, 0.3) is 5.91 Å². The number of para-hydroxylation sites is 1. The molecule has 6 nitrogen and oxygen atoms in total. The van der Waals surface area contributed by atoms with Gasteiger partial charge in [-0.25, -0.2) is 9.78 Å². The maximum absolute atomic E-state index is 12.5. The number of aromatic nitrogens is 2. The lowest BCUT2D eigenvalue weighted by Gasteiger charge is -2.20. The molecule has 2 heterocycles. The number of pyridine rings is 1. The standard InChI is InChI=1S/C23H27N3O3/c1-14(2)17-7-6-8-18(15(3)4)22(17)25-21(27)13-29-23(28)19-12-26-10-9-16(5)11-20(26)24-19/h6-12,14-15H,13H2,1-5H3,(H,25,27). The highest BCUT2D eigenvalue weighted by atomic mass is 16.5. The van der Waals surface area contributed by atoms with E-state index in [1.54, 1.807) is 10.6 Å².